The number of aldehydes is 1. The molecule has 0 radical (unpaired) electrons. The Balaban J connectivity index is 1.52. The molecule has 0 N–H and O–H groups in total. The lowest BCUT2D eigenvalue weighted by atomic mass is 10.0. The second kappa shape index (κ2) is 6.83. The van der Waals surface area contributed by atoms with E-state index in [0.29, 0.717) is 6.61 Å². The van der Waals surface area contributed by atoms with Gasteiger partial charge in [-0.25, -0.2) is 0 Å². The normalized spacial score (nSPS) is 32.8. The maximum atomic E-state index is 11.5. The van der Waals surface area contributed by atoms with Gasteiger partial charge in [-0.1, -0.05) is 60.7 Å². The zero-order valence-corrected chi connectivity index (χ0v) is 13.0. The zero-order valence-electron chi connectivity index (χ0n) is 13.0. The van der Waals surface area contributed by atoms with Crippen LogP contribution in [0.3, 0.4) is 0 Å². The molecule has 0 spiro atoms. The predicted molar refractivity (Wildman–Crippen MR) is 85.0 cm³/mol. The van der Waals surface area contributed by atoms with Crippen LogP contribution in [-0.4, -0.2) is 31.2 Å². The highest BCUT2D eigenvalue weighted by molar-refractivity contribution is 5.57. The second-order valence-corrected chi connectivity index (χ2v) is 5.83. The lowest BCUT2D eigenvalue weighted by Gasteiger charge is -2.44. The van der Waals surface area contributed by atoms with Crippen LogP contribution in [0.25, 0.3) is 0 Å². The fourth-order valence-electron chi connectivity index (χ4n) is 3.03. The van der Waals surface area contributed by atoms with Crippen molar-refractivity contribution in [1.82, 2.24) is 0 Å². The Morgan fingerprint density at radius 2 is 1.42 bits per heavy atom. The second-order valence-electron chi connectivity index (χ2n) is 5.83. The smallest absolute Gasteiger partial charge is 0.185 e. The van der Waals surface area contributed by atoms with Gasteiger partial charge in [0.15, 0.2) is 18.9 Å². The Kier molecular flexibility index (Phi) is 4.40. The van der Waals surface area contributed by atoms with Crippen molar-refractivity contribution in [2.24, 2.45) is 0 Å². The van der Waals surface area contributed by atoms with Crippen molar-refractivity contribution in [3.63, 3.8) is 0 Å². The summed E-state index contributed by atoms with van der Waals surface area (Å²) in [6, 6.07) is 19.2. The summed E-state index contributed by atoms with van der Waals surface area (Å²) in [5, 5.41) is 0. The van der Waals surface area contributed by atoms with Gasteiger partial charge in [0.25, 0.3) is 0 Å². The van der Waals surface area contributed by atoms with Crippen LogP contribution in [0.4, 0.5) is 0 Å². The molecule has 2 aliphatic rings. The number of fused-ring (bicyclic) bond motifs is 1. The SMILES string of the molecule is O=C[C@@H]1O[C@H](c2ccccc2)O[C@H]2CO[C@H](c3ccccc3)O[C@@H]12. The molecule has 0 bridgehead atoms. The summed E-state index contributed by atoms with van der Waals surface area (Å²) in [6.07, 6.45) is -1.85. The van der Waals surface area contributed by atoms with Gasteiger partial charge in [-0.05, 0) is 0 Å². The highest BCUT2D eigenvalue weighted by atomic mass is 16.8. The molecule has 5 atom stereocenters. The maximum absolute atomic E-state index is 11.5. The van der Waals surface area contributed by atoms with Gasteiger partial charge in [-0.15, -0.1) is 0 Å². The molecule has 0 aromatic heterocycles. The van der Waals surface area contributed by atoms with Crippen LogP contribution < -0.4 is 0 Å². The molecule has 5 nitrogen and oxygen atoms in total. The average Bonchev–Trinajstić information content (AvgIpc) is 2.68. The van der Waals surface area contributed by atoms with Crippen LogP contribution in [0, 0.1) is 0 Å². The fraction of sp³-hybridized carbons (Fsp3) is 0.316. The van der Waals surface area contributed by atoms with Crippen LogP contribution >= 0.6 is 0 Å². The van der Waals surface area contributed by atoms with Gasteiger partial charge in [-0.3, -0.25) is 0 Å². The van der Waals surface area contributed by atoms with E-state index in [2.05, 4.69) is 0 Å². The van der Waals surface area contributed by atoms with Crippen molar-refractivity contribution < 1.29 is 23.7 Å². The standard InChI is InChI=1S/C19H18O5/c20-11-15-17-16(23-19(22-15)14-9-5-2-6-10-14)12-21-18(24-17)13-7-3-1-4-8-13/h1-11,15-19H,12H2/t15-,16-,17-,18-,19-/m0/s1. The highest BCUT2D eigenvalue weighted by Crippen LogP contribution is 2.37. The number of benzene rings is 2. The molecule has 2 aromatic carbocycles. The predicted octanol–water partition coefficient (Wildman–Crippen LogP) is 2.78. The first-order valence-corrected chi connectivity index (χ1v) is 7.98. The minimum Gasteiger partial charge on any atom is -0.346 e. The molecule has 5 heteroatoms. The maximum Gasteiger partial charge on any atom is 0.185 e. The van der Waals surface area contributed by atoms with Crippen molar-refractivity contribution in [3.8, 4) is 0 Å². The summed E-state index contributed by atoms with van der Waals surface area (Å²) >= 11 is 0. The Morgan fingerprint density at radius 3 is 2.04 bits per heavy atom. The molecule has 0 unspecified atom stereocenters. The molecular weight excluding hydrogens is 308 g/mol. The Bertz CT molecular complexity index is 675. The van der Waals surface area contributed by atoms with E-state index in [1.165, 1.54) is 0 Å². The van der Waals surface area contributed by atoms with Gasteiger partial charge >= 0.3 is 0 Å². The number of hydrogen-bond acceptors (Lipinski definition) is 5. The Hall–Kier alpha value is -2.05. The molecular formula is C19H18O5. The molecule has 4 rings (SSSR count). The molecule has 0 amide bonds. The molecule has 0 aliphatic carbocycles. The lowest BCUT2D eigenvalue weighted by molar-refractivity contribution is -0.355. The lowest BCUT2D eigenvalue weighted by Crippen LogP contribution is -2.54. The van der Waals surface area contributed by atoms with E-state index in [0.717, 1.165) is 17.4 Å². The molecule has 2 aliphatic heterocycles. The third kappa shape index (κ3) is 2.99. The summed E-state index contributed by atoms with van der Waals surface area (Å²) in [5.74, 6) is 0. The summed E-state index contributed by atoms with van der Waals surface area (Å²) in [4.78, 5) is 11.5. The molecule has 124 valence electrons. The Labute approximate surface area is 140 Å². The highest BCUT2D eigenvalue weighted by Gasteiger charge is 2.45. The van der Waals surface area contributed by atoms with E-state index >= 15 is 0 Å². The molecule has 2 aromatic rings. The molecule has 2 heterocycles. The first kappa shape index (κ1) is 15.5. The topological polar surface area (TPSA) is 54.0 Å². The van der Waals surface area contributed by atoms with E-state index in [1.807, 2.05) is 60.7 Å². The van der Waals surface area contributed by atoms with E-state index in [4.69, 9.17) is 18.9 Å². The van der Waals surface area contributed by atoms with Gasteiger partial charge in [0.05, 0.1) is 6.61 Å². The van der Waals surface area contributed by atoms with Crippen LogP contribution in [0.5, 0.6) is 0 Å². The minimum atomic E-state index is -0.691. The fourth-order valence-corrected chi connectivity index (χ4v) is 3.03. The first-order chi connectivity index (χ1) is 11.8. The van der Waals surface area contributed by atoms with Gasteiger partial charge in [0, 0.05) is 11.1 Å². The van der Waals surface area contributed by atoms with E-state index < -0.39 is 24.8 Å². The molecule has 0 saturated carbocycles. The summed E-state index contributed by atoms with van der Waals surface area (Å²) in [5.41, 5.74) is 1.78. The monoisotopic (exact) mass is 326 g/mol. The summed E-state index contributed by atoms with van der Waals surface area (Å²) < 4.78 is 23.5. The average molecular weight is 326 g/mol. The number of carbonyl (C=O) groups excluding carboxylic acids is 1. The van der Waals surface area contributed by atoms with Crippen molar-refractivity contribution in [1.29, 1.82) is 0 Å². The zero-order chi connectivity index (χ0) is 16.4. The van der Waals surface area contributed by atoms with Crippen LogP contribution in [0.2, 0.25) is 0 Å². The van der Waals surface area contributed by atoms with Crippen LogP contribution in [0.15, 0.2) is 60.7 Å². The van der Waals surface area contributed by atoms with E-state index in [9.17, 15) is 4.79 Å². The molecule has 24 heavy (non-hydrogen) atoms. The van der Waals surface area contributed by atoms with Gasteiger partial charge < -0.3 is 23.7 Å². The number of hydrogen-bond donors (Lipinski definition) is 0. The van der Waals surface area contributed by atoms with Gasteiger partial charge in [0.1, 0.15) is 18.3 Å². The number of ether oxygens (including phenoxy) is 4. The molecule has 2 saturated heterocycles. The Morgan fingerprint density at radius 1 is 0.792 bits per heavy atom. The molecule has 2 fully saturated rings. The summed E-state index contributed by atoms with van der Waals surface area (Å²) in [7, 11) is 0. The third-order valence-corrected chi connectivity index (χ3v) is 4.24. The largest absolute Gasteiger partial charge is 0.346 e. The van der Waals surface area contributed by atoms with Gasteiger partial charge in [0.2, 0.25) is 0 Å². The minimum absolute atomic E-state index is 0.348. The van der Waals surface area contributed by atoms with Crippen molar-refractivity contribution in [3.05, 3.63) is 71.8 Å². The summed E-state index contributed by atoms with van der Waals surface area (Å²) in [6.45, 7) is 0.348. The first-order valence-electron chi connectivity index (χ1n) is 7.98. The van der Waals surface area contributed by atoms with E-state index in [1.54, 1.807) is 0 Å². The van der Waals surface area contributed by atoms with Crippen molar-refractivity contribution in [2.75, 3.05) is 6.61 Å². The van der Waals surface area contributed by atoms with E-state index in [-0.39, 0.29) is 6.10 Å². The number of carbonyl (C=O) groups is 1. The van der Waals surface area contributed by atoms with Crippen LogP contribution in [-0.2, 0) is 23.7 Å². The quantitative estimate of drug-likeness (QED) is 0.812. The van der Waals surface area contributed by atoms with Crippen LogP contribution in [0.1, 0.15) is 23.7 Å². The third-order valence-electron chi connectivity index (χ3n) is 4.24. The van der Waals surface area contributed by atoms with Crippen molar-refractivity contribution in [2.45, 2.75) is 30.9 Å². The van der Waals surface area contributed by atoms with Gasteiger partial charge in [-0.2, -0.15) is 0 Å². The van der Waals surface area contributed by atoms with Crippen molar-refractivity contribution >= 4 is 6.29 Å². The number of rotatable bonds is 3.